The van der Waals surface area contributed by atoms with Gasteiger partial charge in [0.05, 0.1) is 15.5 Å². The topological polar surface area (TPSA) is 148 Å². The van der Waals surface area contributed by atoms with E-state index in [0.717, 1.165) is 25.7 Å². The summed E-state index contributed by atoms with van der Waals surface area (Å²) in [6.07, 6.45) is 7.68. The molecule has 28 heavy (non-hydrogen) atoms. The molecular formula is C17H21N7O4. The van der Waals surface area contributed by atoms with Crippen molar-refractivity contribution in [1.82, 2.24) is 9.97 Å². The number of rotatable bonds is 7. The fourth-order valence-corrected chi connectivity index (χ4v) is 3.16. The molecule has 1 aromatic carbocycles. The van der Waals surface area contributed by atoms with Gasteiger partial charge < -0.3 is 5.32 Å². The van der Waals surface area contributed by atoms with E-state index in [9.17, 15) is 20.2 Å². The molecule has 3 rings (SSSR count). The van der Waals surface area contributed by atoms with Crippen molar-refractivity contribution in [2.75, 3.05) is 16.2 Å². The number of benzene rings is 1. The standard InChI is InChI=1S/C17H21N7O4/c25-23(26)14-9-7-13(8-10-14)21-22-17-15(24(27)28)16(18-11-19-17)20-12-5-3-1-2-4-6-12/h7-12,21H,1-6H2,(H2,18,19,20,22). The Kier molecular flexibility index (Phi) is 6.14. The Labute approximate surface area is 160 Å². The highest BCUT2D eigenvalue weighted by Crippen LogP contribution is 2.31. The maximum atomic E-state index is 11.6. The van der Waals surface area contributed by atoms with Gasteiger partial charge in [-0.3, -0.25) is 31.1 Å². The molecule has 0 radical (unpaired) electrons. The normalized spacial score (nSPS) is 14.7. The van der Waals surface area contributed by atoms with Crippen LogP contribution in [0.1, 0.15) is 38.5 Å². The largest absolute Gasteiger partial charge is 0.361 e. The number of anilines is 3. The number of non-ortho nitro benzene ring substituents is 1. The van der Waals surface area contributed by atoms with E-state index in [0.29, 0.717) is 5.69 Å². The van der Waals surface area contributed by atoms with Gasteiger partial charge >= 0.3 is 5.69 Å². The molecule has 1 fully saturated rings. The van der Waals surface area contributed by atoms with Gasteiger partial charge in [-0.15, -0.1) is 0 Å². The van der Waals surface area contributed by atoms with E-state index >= 15 is 0 Å². The molecule has 1 heterocycles. The number of nitro benzene ring substituents is 1. The number of hydrogen-bond donors (Lipinski definition) is 3. The van der Waals surface area contributed by atoms with Crippen LogP contribution >= 0.6 is 0 Å². The van der Waals surface area contributed by atoms with Crippen LogP contribution in [0.4, 0.5) is 28.7 Å². The summed E-state index contributed by atoms with van der Waals surface area (Å²) in [7, 11) is 0. The molecule has 2 aromatic rings. The third-order valence-electron chi connectivity index (χ3n) is 4.60. The summed E-state index contributed by atoms with van der Waals surface area (Å²) >= 11 is 0. The smallest absolute Gasteiger partial charge is 0.354 e. The van der Waals surface area contributed by atoms with E-state index in [2.05, 4.69) is 26.1 Å². The molecule has 0 spiro atoms. The molecule has 1 aromatic heterocycles. The average Bonchev–Trinajstić information content (AvgIpc) is 2.95. The lowest BCUT2D eigenvalue weighted by molar-refractivity contribution is -0.384. The second-order valence-corrected chi connectivity index (χ2v) is 6.56. The lowest BCUT2D eigenvalue weighted by Gasteiger charge is -2.17. The Morgan fingerprint density at radius 2 is 1.50 bits per heavy atom. The van der Waals surface area contributed by atoms with Gasteiger partial charge in [0.15, 0.2) is 0 Å². The van der Waals surface area contributed by atoms with Crippen LogP contribution in [0.25, 0.3) is 0 Å². The van der Waals surface area contributed by atoms with Gasteiger partial charge in [-0.05, 0) is 25.0 Å². The molecule has 11 nitrogen and oxygen atoms in total. The molecule has 0 atom stereocenters. The SMILES string of the molecule is O=[N+]([O-])c1ccc(NNc2ncnc(NC3CCCCCC3)c2[N+](=O)[O-])cc1. The number of hydrogen-bond acceptors (Lipinski definition) is 9. The molecule has 1 saturated carbocycles. The molecule has 1 aliphatic rings. The van der Waals surface area contributed by atoms with E-state index in [-0.39, 0.29) is 29.1 Å². The number of aromatic nitrogens is 2. The zero-order chi connectivity index (χ0) is 19.9. The van der Waals surface area contributed by atoms with Crippen LogP contribution in [0.5, 0.6) is 0 Å². The zero-order valence-electron chi connectivity index (χ0n) is 15.1. The van der Waals surface area contributed by atoms with Gasteiger partial charge in [-0.1, -0.05) is 25.7 Å². The third-order valence-corrected chi connectivity index (χ3v) is 4.60. The first kappa shape index (κ1) is 19.3. The molecule has 148 valence electrons. The maximum Gasteiger partial charge on any atom is 0.354 e. The predicted molar refractivity (Wildman–Crippen MR) is 104 cm³/mol. The van der Waals surface area contributed by atoms with Crippen molar-refractivity contribution < 1.29 is 9.85 Å². The molecule has 0 saturated heterocycles. The number of nitro groups is 2. The Hall–Kier alpha value is -3.50. The lowest BCUT2D eigenvalue weighted by atomic mass is 10.1. The first-order valence-electron chi connectivity index (χ1n) is 9.07. The quantitative estimate of drug-likeness (QED) is 0.365. The monoisotopic (exact) mass is 387 g/mol. The second kappa shape index (κ2) is 8.93. The molecule has 11 heteroatoms. The van der Waals surface area contributed by atoms with Gasteiger partial charge in [0.2, 0.25) is 11.6 Å². The third kappa shape index (κ3) is 4.81. The number of nitrogens with one attached hydrogen (secondary N) is 3. The van der Waals surface area contributed by atoms with Crippen LogP contribution in [-0.4, -0.2) is 25.9 Å². The average molecular weight is 387 g/mol. The Morgan fingerprint density at radius 3 is 2.11 bits per heavy atom. The highest BCUT2D eigenvalue weighted by molar-refractivity contribution is 5.70. The molecule has 0 bridgehead atoms. The highest BCUT2D eigenvalue weighted by atomic mass is 16.6. The van der Waals surface area contributed by atoms with Crippen molar-refractivity contribution in [2.45, 2.75) is 44.6 Å². The van der Waals surface area contributed by atoms with Gasteiger partial charge in [0.1, 0.15) is 6.33 Å². The molecule has 0 unspecified atom stereocenters. The number of hydrazine groups is 1. The van der Waals surface area contributed by atoms with Crippen LogP contribution in [0, 0.1) is 20.2 Å². The van der Waals surface area contributed by atoms with Gasteiger partial charge in [-0.25, -0.2) is 9.97 Å². The summed E-state index contributed by atoms with van der Waals surface area (Å²) in [6.45, 7) is 0. The lowest BCUT2D eigenvalue weighted by Crippen LogP contribution is -2.21. The minimum atomic E-state index is -0.529. The van der Waals surface area contributed by atoms with Crippen LogP contribution in [0.2, 0.25) is 0 Å². The summed E-state index contributed by atoms with van der Waals surface area (Å²) in [5, 5.41) is 25.5. The fraction of sp³-hybridized carbons (Fsp3) is 0.412. The summed E-state index contributed by atoms with van der Waals surface area (Å²) in [6, 6.07) is 5.78. The predicted octanol–water partition coefficient (Wildman–Crippen LogP) is 3.87. The van der Waals surface area contributed by atoms with Crippen molar-refractivity contribution in [3.8, 4) is 0 Å². The molecule has 3 N–H and O–H groups in total. The van der Waals surface area contributed by atoms with Crippen molar-refractivity contribution in [2.24, 2.45) is 0 Å². The first-order valence-corrected chi connectivity index (χ1v) is 9.07. The van der Waals surface area contributed by atoms with Crippen molar-refractivity contribution in [3.05, 3.63) is 50.8 Å². The van der Waals surface area contributed by atoms with Gasteiger partial charge in [0.25, 0.3) is 5.69 Å². The van der Waals surface area contributed by atoms with E-state index in [1.165, 1.54) is 43.4 Å². The van der Waals surface area contributed by atoms with Crippen LogP contribution in [0.15, 0.2) is 30.6 Å². The second-order valence-electron chi connectivity index (χ2n) is 6.56. The molecule has 0 aliphatic heterocycles. The minimum Gasteiger partial charge on any atom is -0.361 e. The van der Waals surface area contributed by atoms with Crippen molar-refractivity contribution in [1.29, 1.82) is 0 Å². The maximum absolute atomic E-state index is 11.6. The van der Waals surface area contributed by atoms with Gasteiger partial charge in [-0.2, -0.15) is 0 Å². The van der Waals surface area contributed by atoms with E-state index in [1.807, 2.05) is 0 Å². The minimum absolute atomic E-state index is 0.00877. The molecular weight excluding hydrogens is 366 g/mol. The van der Waals surface area contributed by atoms with Crippen molar-refractivity contribution in [3.63, 3.8) is 0 Å². The van der Waals surface area contributed by atoms with Crippen LogP contribution in [0.3, 0.4) is 0 Å². The fourth-order valence-electron chi connectivity index (χ4n) is 3.16. The van der Waals surface area contributed by atoms with Crippen LogP contribution in [-0.2, 0) is 0 Å². The summed E-state index contributed by atoms with van der Waals surface area (Å²) < 4.78 is 0. The highest BCUT2D eigenvalue weighted by Gasteiger charge is 2.25. The Balaban J connectivity index is 1.74. The van der Waals surface area contributed by atoms with E-state index in [1.54, 1.807) is 0 Å². The van der Waals surface area contributed by atoms with Crippen LogP contribution < -0.4 is 16.2 Å². The molecule has 0 amide bonds. The van der Waals surface area contributed by atoms with Gasteiger partial charge in [0, 0.05) is 18.2 Å². The molecule has 1 aliphatic carbocycles. The summed E-state index contributed by atoms with van der Waals surface area (Å²) in [5.74, 6) is 0.189. The van der Waals surface area contributed by atoms with Crippen molar-refractivity contribution >= 4 is 28.7 Å². The Morgan fingerprint density at radius 1 is 0.857 bits per heavy atom. The summed E-state index contributed by atoms with van der Waals surface area (Å²) in [5.41, 5.74) is 5.67. The number of nitrogens with zero attached hydrogens (tertiary/aromatic N) is 4. The first-order chi connectivity index (χ1) is 13.5. The van der Waals surface area contributed by atoms with E-state index < -0.39 is 9.85 Å². The Bertz CT molecular complexity index is 836. The zero-order valence-corrected chi connectivity index (χ0v) is 15.1. The van der Waals surface area contributed by atoms with E-state index in [4.69, 9.17) is 0 Å². The summed E-state index contributed by atoms with van der Waals surface area (Å²) in [4.78, 5) is 29.3.